The quantitative estimate of drug-likeness (QED) is 0.514. The lowest BCUT2D eigenvalue weighted by molar-refractivity contribution is -0.114. The molecular formula is C13H16N6OS. The van der Waals surface area contributed by atoms with E-state index >= 15 is 0 Å². The fraction of sp³-hybridized carbons (Fsp3) is 0.308. The number of hydrogen-bond donors (Lipinski definition) is 1. The Morgan fingerprint density at radius 1 is 1.29 bits per heavy atom. The second-order valence-electron chi connectivity index (χ2n) is 4.54. The summed E-state index contributed by atoms with van der Waals surface area (Å²) in [6.45, 7) is 2.71. The van der Waals surface area contributed by atoms with Crippen molar-refractivity contribution >= 4 is 17.9 Å². The van der Waals surface area contributed by atoms with Crippen LogP contribution in [0.2, 0.25) is 0 Å². The van der Waals surface area contributed by atoms with Crippen LogP contribution in [-0.4, -0.2) is 17.5 Å². The number of hydrogen-bond acceptors (Lipinski definition) is 4. The highest BCUT2D eigenvalue weighted by molar-refractivity contribution is 7.97. The second kappa shape index (κ2) is 7.53. The summed E-state index contributed by atoms with van der Waals surface area (Å²) >= 11 is 1.22. The molecule has 0 spiro atoms. The van der Waals surface area contributed by atoms with Gasteiger partial charge in [-0.15, -0.1) is 0 Å². The highest BCUT2D eigenvalue weighted by Crippen LogP contribution is 2.20. The third kappa shape index (κ3) is 4.99. The molecule has 0 fully saturated rings. The minimum atomic E-state index is -0.425. The van der Waals surface area contributed by atoms with E-state index in [9.17, 15) is 4.79 Å². The standard InChI is InChI=1S/C13H16N6OS/c1-10-4-6-12(7-5-10)21-18-16-15-17-19-8-2-3-11(9-19)13(14)20/h4-7,9H,2-3,8H2,1H3,(H2,14,20). The summed E-state index contributed by atoms with van der Waals surface area (Å²) in [5, 5.41) is 12.6. The minimum absolute atomic E-state index is 0.425. The molecule has 7 nitrogen and oxygen atoms in total. The van der Waals surface area contributed by atoms with Gasteiger partial charge in [-0.25, -0.2) is 0 Å². The third-order valence-corrected chi connectivity index (χ3v) is 3.49. The van der Waals surface area contributed by atoms with Gasteiger partial charge < -0.3 is 5.73 Å². The van der Waals surface area contributed by atoms with Crippen LogP contribution in [0.3, 0.4) is 0 Å². The van der Waals surface area contributed by atoms with E-state index in [-0.39, 0.29) is 0 Å². The van der Waals surface area contributed by atoms with Gasteiger partial charge in [0.1, 0.15) is 0 Å². The summed E-state index contributed by atoms with van der Waals surface area (Å²) in [6.07, 6.45) is 3.08. The predicted octanol–water partition coefficient (Wildman–Crippen LogP) is 3.20. The molecule has 2 N–H and O–H groups in total. The molecule has 2 rings (SSSR count). The Balaban J connectivity index is 1.84. The van der Waals surface area contributed by atoms with E-state index in [1.807, 2.05) is 31.2 Å². The number of benzene rings is 1. The Labute approximate surface area is 127 Å². The average Bonchev–Trinajstić information content (AvgIpc) is 2.49. The van der Waals surface area contributed by atoms with Crippen molar-refractivity contribution in [3.05, 3.63) is 41.6 Å². The van der Waals surface area contributed by atoms with Crippen LogP contribution in [0.25, 0.3) is 0 Å². The average molecular weight is 304 g/mol. The zero-order chi connectivity index (χ0) is 15.1. The maximum absolute atomic E-state index is 11.1. The Kier molecular flexibility index (Phi) is 5.44. The van der Waals surface area contributed by atoms with Crippen LogP contribution in [0.15, 0.2) is 61.1 Å². The number of primary amides is 1. The van der Waals surface area contributed by atoms with Crippen molar-refractivity contribution in [3.8, 4) is 0 Å². The lowest BCUT2D eigenvalue weighted by atomic mass is 10.1. The van der Waals surface area contributed by atoms with Gasteiger partial charge in [0.05, 0.1) is 0 Å². The van der Waals surface area contributed by atoms with Crippen molar-refractivity contribution in [2.45, 2.75) is 24.7 Å². The third-order valence-electron chi connectivity index (χ3n) is 2.85. The zero-order valence-electron chi connectivity index (χ0n) is 11.6. The number of carbonyl (C=O) groups is 1. The maximum Gasteiger partial charge on any atom is 0.246 e. The van der Waals surface area contributed by atoms with E-state index in [2.05, 4.69) is 20.2 Å². The molecule has 1 aliphatic rings. The molecule has 0 saturated carbocycles. The highest BCUT2D eigenvalue weighted by atomic mass is 32.2. The van der Waals surface area contributed by atoms with Crippen molar-refractivity contribution in [3.63, 3.8) is 0 Å². The molecule has 1 aromatic carbocycles. The van der Waals surface area contributed by atoms with E-state index in [1.165, 1.54) is 17.5 Å². The van der Waals surface area contributed by atoms with Gasteiger partial charge in [0.25, 0.3) is 0 Å². The number of carbonyl (C=O) groups excluding carboxylic acids is 1. The van der Waals surface area contributed by atoms with Gasteiger partial charge >= 0.3 is 0 Å². The molecule has 1 amide bonds. The first-order valence-corrected chi connectivity index (χ1v) is 7.24. The SMILES string of the molecule is Cc1ccc(SN=NN=NN2C=C(C(N)=O)CCC2)cc1. The monoisotopic (exact) mass is 304 g/mol. The van der Waals surface area contributed by atoms with E-state index in [0.29, 0.717) is 18.5 Å². The molecule has 21 heavy (non-hydrogen) atoms. The molecule has 0 saturated heterocycles. The van der Waals surface area contributed by atoms with Crippen LogP contribution < -0.4 is 5.73 Å². The van der Waals surface area contributed by atoms with Crippen LogP contribution in [0.4, 0.5) is 0 Å². The molecule has 1 aromatic rings. The molecular weight excluding hydrogens is 288 g/mol. The lowest BCUT2D eigenvalue weighted by Gasteiger charge is -2.18. The van der Waals surface area contributed by atoms with E-state index in [1.54, 1.807) is 11.2 Å². The smallest absolute Gasteiger partial charge is 0.246 e. The Morgan fingerprint density at radius 3 is 2.76 bits per heavy atom. The van der Waals surface area contributed by atoms with E-state index in [0.717, 1.165) is 11.3 Å². The molecule has 0 aromatic heterocycles. The number of rotatable bonds is 5. The summed E-state index contributed by atoms with van der Waals surface area (Å²) in [6, 6.07) is 7.93. The van der Waals surface area contributed by atoms with Gasteiger partial charge in [0, 0.05) is 35.2 Å². The van der Waals surface area contributed by atoms with Gasteiger partial charge in [0.15, 0.2) is 0 Å². The Hall–Kier alpha value is -2.22. The first-order valence-electron chi connectivity index (χ1n) is 6.47. The molecule has 0 unspecified atom stereocenters. The molecule has 0 bridgehead atoms. The fourth-order valence-corrected chi connectivity index (χ4v) is 2.17. The molecule has 0 radical (unpaired) electrons. The van der Waals surface area contributed by atoms with Crippen LogP contribution in [-0.2, 0) is 4.79 Å². The van der Waals surface area contributed by atoms with E-state index in [4.69, 9.17) is 5.73 Å². The van der Waals surface area contributed by atoms with Crippen molar-refractivity contribution in [2.75, 3.05) is 6.54 Å². The minimum Gasteiger partial charge on any atom is -0.366 e. The summed E-state index contributed by atoms with van der Waals surface area (Å²) in [4.78, 5) is 12.0. The number of nitrogens with two attached hydrogens (primary N) is 1. The van der Waals surface area contributed by atoms with Crippen LogP contribution in [0.1, 0.15) is 18.4 Å². The molecule has 0 aliphatic carbocycles. The van der Waals surface area contributed by atoms with Crippen LogP contribution in [0.5, 0.6) is 0 Å². The Morgan fingerprint density at radius 2 is 2.05 bits per heavy atom. The van der Waals surface area contributed by atoms with Gasteiger partial charge in [0.2, 0.25) is 5.91 Å². The fourth-order valence-electron chi connectivity index (χ4n) is 1.75. The molecule has 0 atom stereocenters. The second-order valence-corrected chi connectivity index (χ2v) is 5.36. The Bertz CT molecular complexity index is 581. The van der Waals surface area contributed by atoms with E-state index < -0.39 is 5.91 Å². The molecule has 8 heteroatoms. The summed E-state index contributed by atoms with van der Waals surface area (Å²) in [5.74, 6) is -0.425. The normalized spacial score (nSPS) is 15.7. The zero-order valence-corrected chi connectivity index (χ0v) is 12.5. The first-order chi connectivity index (χ1) is 10.1. The predicted molar refractivity (Wildman–Crippen MR) is 80.0 cm³/mol. The molecule has 110 valence electrons. The highest BCUT2D eigenvalue weighted by Gasteiger charge is 2.13. The van der Waals surface area contributed by atoms with Crippen molar-refractivity contribution in [1.82, 2.24) is 5.01 Å². The van der Waals surface area contributed by atoms with Crippen LogP contribution in [0, 0.1) is 6.92 Å². The summed E-state index contributed by atoms with van der Waals surface area (Å²) in [5.41, 5.74) is 6.97. The van der Waals surface area contributed by atoms with Gasteiger partial charge in [-0.2, -0.15) is 0 Å². The number of amides is 1. The van der Waals surface area contributed by atoms with Crippen molar-refractivity contribution in [1.29, 1.82) is 0 Å². The maximum atomic E-state index is 11.1. The van der Waals surface area contributed by atoms with Gasteiger partial charge in [-0.1, -0.05) is 22.2 Å². The van der Waals surface area contributed by atoms with Gasteiger partial charge in [-0.3, -0.25) is 9.80 Å². The van der Waals surface area contributed by atoms with Crippen LogP contribution >= 0.6 is 11.9 Å². The van der Waals surface area contributed by atoms with Crippen molar-refractivity contribution < 1.29 is 4.79 Å². The largest absolute Gasteiger partial charge is 0.366 e. The topological polar surface area (TPSA) is 95.8 Å². The first kappa shape index (κ1) is 15.2. The lowest BCUT2D eigenvalue weighted by Crippen LogP contribution is -2.23. The number of nitrogens with zero attached hydrogens (tertiary/aromatic N) is 5. The van der Waals surface area contributed by atoms with Crippen molar-refractivity contribution in [2.24, 2.45) is 25.9 Å². The molecule has 1 heterocycles. The summed E-state index contributed by atoms with van der Waals surface area (Å²) < 4.78 is 3.85. The molecule has 1 aliphatic heterocycles. The van der Waals surface area contributed by atoms with Gasteiger partial charge in [-0.05, 0) is 47.6 Å². The number of aryl methyl sites for hydroxylation is 1. The summed E-state index contributed by atoms with van der Waals surface area (Å²) in [7, 11) is 0.